The number of likely N-dealkylation sites (tertiary alicyclic amines) is 1. The van der Waals surface area contributed by atoms with E-state index in [9.17, 15) is 12.8 Å². The Hall–Kier alpha value is -0.940. The van der Waals surface area contributed by atoms with Crippen LogP contribution < -0.4 is 10.6 Å². The van der Waals surface area contributed by atoms with E-state index in [-0.39, 0.29) is 42.1 Å². The van der Waals surface area contributed by atoms with E-state index in [1.54, 1.807) is 0 Å². The fourth-order valence-corrected chi connectivity index (χ4v) is 4.39. The van der Waals surface area contributed by atoms with Crippen molar-refractivity contribution in [2.75, 3.05) is 39.0 Å². The summed E-state index contributed by atoms with van der Waals surface area (Å²) in [5, 5.41) is 6.53. The number of hydrogen-bond donors (Lipinski definition) is 2. The minimum atomic E-state index is -3.20. The SMILES string of the molecule is CCNC(=NCc1cc(F)ccc1CS(C)(=O)=O)NCCCN1CCCCCC1.I. The predicted octanol–water partition coefficient (Wildman–Crippen LogP) is 3.31. The van der Waals surface area contributed by atoms with E-state index in [1.807, 2.05) is 6.92 Å². The molecule has 0 spiro atoms. The fourth-order valence-electron chi connectivity index (χ4n) is 3.54. The molecule has 0 saturated carbocycles. The summed E-state index contributed by atoms with van der Waals surface area (Å²) >= 11 is 0. The number of halogens is 2. The van der Waals surface area contributed by atoms with Crippen molar-refractivity contribution in [1.82, 2.24) is 15.5 Å². The van der Waals surface area contributed by atoms with Gasteiger partial charge in [0.1, 0.15) is 5.82 Å². The molecule has 6 nitrogen and oxygen atoms in total. The highest BCUT2D eigenvalue weighted by molar-refractivity contribution is 14.0. The van der Waals surface area contributed by atoms with Crippen LogP contribution in [0.2, 0.25) is 0 Å². The van der Waals surface area contributed by atoms with Gasteiger partial charge in [0, 0.05) is 19.3 Å². The second-order valence-electron chi connectivity index (χ2n) is 7.71. The van der Waals surface area contributed by atoms with E-state index in [1.165, 1.54) is 63.2 Å². The summed E-state index contributed by atoms with van der Waals surface area (Å²) < 4.78 is 37.0. The van der Waals surface area contributed by atoms with Crippen molar-refractivity contribution >= 4 is 39.8 Å². The number of sulfone groups is 1. The predicted molar refractivity (Wildman–Crippen MR) is 133 cm³/mol. The Morgan fingerprint density at radius 1 is 1.13 bits per heavy atom. The van der Waals surface area contributed by atoms with E-state index in [4.69, 9.17) is 0 Å². The zero-order valence-electron chi connectivity index (χ0n) is 18.1. The van der Waals surface area contributed by atoms with E-state index in [0.29, 0.717) is 17.1 Å². The molecule has 172 valence electrons. The van der Waals surface area contributed by atoms with Crippen LogP contribution in [0.4, 0.5) is 4.39 Å². The topological polar surface area (TPSA) is 73.8 Å². The Morgan fingerprint density at radius 2 is 1.83 bits per heavy atom. The Kier molecular flexibility index (Phi) is 12.8. The molecular formula is C21H36FIN4O2S. The Bertz CT molecular complexity index is 766. The standard InChI is InChI=1S/C21H35FN4O2S.HI/c1-3-23-21(24-11-8-14-26-12-6-4-5-7-13-26)25-16-19-15-20(22)10-9-18(19)17-29(2,27)28;/h9-10,15H,3-8,11-14,16-17H2,1-2H3,(H2,23,24,25);1H. The monoisotopic (exact) mass is 554 g/mol. The molecule has 0 unspecified atom stereocenters. The first-order chi connectivity index (χ1) is 13.9. The van der Waals surface area contributed by atoms with Gasteiger partial charge in [-0.05, 0) is 69.1 Å². The molecule has 1 heterocycles. The number of aliphatic imine (C=N–C) groups is 1. The number of hydrogen-bond acceptors (Lipinski definition) is 4. The summed E-state index contributed by atoms with van der Waals surface area (Å²) in [7, 11) is -3.20. The Morgan fingerprint density at radius 3 is 2.47 bits per heavy atom. The van der Waals surface area contributed by atoms with Gasteiger partial charge < -0.3 is 15.5 Å². The zero-order chi connectivity index (χ0) is 21.1. The van der Waals surface area contributed by atoms with E-state index in [0.717, 1.165) is 26.1 Å². The first-order valence-corrected chi connectivity index (χ1v) is 12.6. The summed E-state index contributed by atoms with van der Waals surface area (Å²) in [4.78, 5) is 7.06. The Labute approximate surface area is 198 Å². The van der Waals surface area contributed by atoms with Crippen molar-refractivity contribution in [2.45, 2.75) is 51.3 Å². The third-order valence-electron chi connectivity index (χ3n) is 4.98. The van der Waals surface area contributed by atoms with Gasteiger partial charge in [-0.1, -0.05) is 18.9 Å². The van der Waals surface area contributed by atoms with Gasteiger partial charge in [0.15, 0.2) is 15.8 Å². The number of nitrogens with one attached hydrogen (secondary N) is 2. The van der Waals surface area contributed by atoms with E-state index >= 15 is 0 Å². The van der Waals surface area contributed by atoms with Gasteiger partial charge in [0.2, 0.25) is 0 Å². The molecule has 0 bridgehead atoms. The molecule has 0 aromatic heterocycles. The molecule has 0 aliphatic carbocycles. The summed E-state index contributed by atoms with van der Waals surface area (Å²) in [6.45, 7) is 7.21. The van der Waals surface area contributed by atoms with E-state index < -0.39 is 9.84 Å². The number of benzene rings is 1. The van der Waals surface area contributed by atoms with Gasteiger partial charge in [-0.2, -0.15) is 0 Å². The van der Waals surface area contributed by atoms with Crippen LogP contribution in [0.15, 0.2) is 23.2 Å². The van der Waals surface area contributed by atoms with Crippen LogP contribution in [0, 0.1) is 5.82 Å². The number of rotatable bonds is 9. The average molecular weight is 555 g/mol. The molecule has 30 heavy (non-hydrogen) atoms. The highest BCUT2D eigenvalue weighted by atomic mass is 127. The maximum absolute atomic E-state index is 13.7. The van der Waals surface area contributed by atoms with Crippen LogP contribution in [0.3, 0.4) is 0 Å². The van der Waals surface area contributed by atoms with Crippen LogP contribution in [-0.4, -0.2) is 58.3 Å². The van der Waals surface area contributed by atoms with Crippen molar-refractivity contribution < 1.29 is 12.8 Å². The lowest BCUT2D eigenvalue weighted by molar-refractivity contribution is 0.282. The molecule has 2 rings (SSSR count). The molecule has 9 heteroatoms. The quantitative estimate of drug-likeness (QED) is 0.212. The van der Waals surface area contributed by atoms with Gasteiger partial charge in [-0.25, -0.2) is 17.8 Å². The zero-order valence-corrected chi connectivity index (χ0v) is 21.3. The normalized spacial score (nSPS) is 15.9. The molecule has 1 aliphatic rings. The van der Waals surface area contributed by atoms with Crippen LogP contribution in [0.1, 0.15) is 50.2 Å². The van der Waals surface area contributed by atoms with E-state index in [2.05, 4.69) is 20.5 Å². The molecule has 1 saturated heterocycles. The molecular weight excluding hydrogens is 518 g/mol. The third kappa shape index (κ3) is 10.9. The maximum atomic E-state index is 13.7. The molecule has 1 fully saturated rings. The average Bonchev–Trinajstić information content (AvgIpc) is 2.93. The molecule has 2 N–H and O–H groups in total. The first-order valence-electron chi connectivity index (χ1n) is 10.6. The molecule has 1 aromatic rings. The lowest BCUT2D eigenvalue weighted by Gasteiger charge is -2.20. The van der Waals surface area contributed by atoms with Crippen LogP contribution >= 0.6 is 24.0 Å². The Balaban J connectivity index is 0.00000450. The fraction of sp³-hybridized carbons (Fsp3) is 0.667. The summed E-state index contributed by atoms with van der Waals surface area (Å²) in [6, 6.07) is 4.19. The second-order valence-corrected chi connectivity index (χ2v) is 9.85. The minimum Gasteiger partial charge on any atom is -0.357 e. The molecule has 0 atom stereocenters. The van der Waals surface area contributed by atoms with Crippen molar-refractivity contribution in [3.63, 3.8) is 0 Å². The summed E-state index contributed by atoms with van der Waals surface area (Å²) in [5.41, 5.74) is 1.19. The van der Waals surface area contributed by atoms with Crippen LogP contribution in [0.5, 0.6) is 0 Å². The molecule has 1 aliphatic heterocycles. The van der Waals surface area contributed by atoms with Crippen molar-refractivity contribution in [3.8, 4) is 0 Å². The highest BCUT2D eigenvalue weighted by Crippen LogP contribution is 2.15. The molecule has 0 radical (unpaired) electrons. The van der Waals surface area contributed by atoms with Gasteiger partial charge in [0.25, 0.3) is 0 Å². The summed E-state index contributed by atoms with van der Waals surface area (Å²) in [5.74, 6) is 0.165. The molecule has 1 aromatic carbocycles. The van der Waals surface area contributed by atoms with Gasteiger partial charge in [-0.3, -0.25) is 0 Å². The van der Waals surface area contributed by atoms with Crippen molar-refractivity contribution in [1.29, 1.82) is 0 Å². The third-order valence-corrected chi connectivity index (χ3v) is 5.82. The maximum Gasteiger partial charge on any atom is 0.191 e. The second kappa shape index (κ2) is 14.2. The number of guanidine groups is 1. The number of nitrogens with zero attached hydrogens (tertiary/aromatic N) is 2. The largest absolute Gasteiger partial charge is 0.357 e. The highest BCUT2D eigenvalue weighted by Gasteiger charge is 2.11. The molecule has 0 amide bonds. The van der Waals surface area contributed by atoms with Crippen molar-refractivity contribution in [3.05, 3.63) is 35.1 Å². The smallest absolute Gasteiger partial charge is 0.191 e. The lowest BCUT2D eigenvalue weighted by Crippen LogP contribution is -2.39. The van der Waals surface area contributed by atoms with Gasteiger partial charge >= 0.3 is 0 Å². The lowest BCUT2D eigenvalue weighted by atomic mass is 10.1. The summed E-state index contributed by atoms with van der Waals surface area (Å²) in [6.07, 6.45) is 7.48. The first kappa shape index (κ1) is 27.1. The van der Waals surface area contributed by atoms with Gasteiger partial charge in [0.05, 0.1) is 12.3 Å². The van der Waals surface area contributed by atoms with Gasteiger partial charge in [-0.15, -0.1) is 24.0 Å². The van der Waals surface area contributed by atoms with Crippen LogP contribution in [-0.2, 0) is 22.1 Å². The minimum absolute atomic E-state index is 0. The van der Waals surface area contributed by atoms with Crippen LogP contribution in [0.25, 0.3) is 0 Å². The van der Waals surface area contributed by atoms with Crippen molar-refractivity contribution in [2.24, 2.45) is 4.99 Å².